The van der Waals surface area contributed by atoms with E-state index in [0.29, 0.717) is 30.2 Å². The Kier molecular flexibility index (Phi) is 10.7. The zero-order valence-electron chi connectivity index (χ0n) is 24.0. The lowest BCUT2D eigenvalue weighted by molar-refractivity contribution is -0.169. The number of hydrogen-bond acceptors (Lipinski definition) is 8. The van der Waals surface area contributed by atoms with E-state index in [4.69, 9.17) is 21.4 Å². The van der Waals surface area contributed by atoms with Gasteiger partial charge in [0.2, 0.25) is 5.91 Å². The molecule has 43 heavy (non-hydrogen) atoms. The molecule has 12 heteroatoms. The molecule has 0 bridgehead atoms. The van der Waals surface area contributed by atoms with Crippen molar-refractivity contribution in [2.45, 2.75) is 56.3 Å². The summed E-state index contributed by atoms with van der Waals surface area (Å²) >= 11 is 6.46. The number of aliphatic carboxylic acids is 2. The minimum absolute atomic E-state index is 0.0449. The Labute approximate surface area is 255 Å². The molecule has 0 aromatic heterocycles. The average molecular weight is 619 g/mol. The summed E-state index contributed by atoms with van der Waals surface area (Å²) < 4.78 is 6.30. The Hall–Kier alpha value is -3.22. The summed E-state index contributed by atoms with van der Waals surface area (Å²) in [7, 11) is 0. The van der Waals surface area contributed by atoms with Gasteiger partial charge in [-0.05, 0) is 66.5 Å². The van der Waals surface area contributed by atoms with Crippen LogP contribution in [0.15, 0.2) is 42.5 Å². The van der Waals surface area contributed by atoms with E-state index in [1.165, 1.54) is 22.1 Å². The first-order chi connectivity index (χ1) is 20.4. The minimum atomic E-state index is -2.77. The number of carbonyl (C=O) groups excluding carboxylic acids is 1. The van der Waals surface area contributed by atoms with Gasteiger partial charge in [0.15, 0.2) is 5.60 Å². The summed E-state index contributed by atoms with van der Waals surface area (Å²) in [5.74, 6) is -4.27. The van der Waals surface area contributed by atoms with Crippen LogP contribution < -0.4 is 0 Å². The number of amides is 1. The molecule has 2 aromatic rings. The molecule has 1 spiro atoms. The lowest BCUT2D eigenvalue weighted by atomic mass is 9.83. The van der Waals surface area contributed by atoms with Crippen LogP contribution in [-0.2, 0) is 37.7 Å². The van der Waals surface area contributed by atoms with Gasteiger partial charge >= 0.3 is 11.9 Å². The van der Waals surface area contributed by atoms with Crippen molar-refractivity contribution in [2.24, 2.45) is 5.92 Å². The highest BCUT2D eigenvalue weighted by molar-refractivity contribution is 6.31. The molecule has 2 aliphatic heterocycles. The van der Waals surface area contributed by atoms with E-state index >= 15 is 0 Å². The van der Waals surface area contributed by atoms with Gasteiger partial charge in [-0.15, -0.1) is 0 Å². The van der Waals surface area contributed by atoms with Crippen molar-refractivity contribution < 1.29 is 44.7 Å². The number of benzene rings is 2. The number of nitrogens with zero attached hydrogens (tertiary/aromatic N) is 2. The van der Waals surface area contributed by atoms with Crippen LogP contribution in [-0.4, -0.2) is 98.1 Å². The highest BCUT2D eigenvalue weighted by Crippen LogP contribution is 2.44. The molecule has 2 heterocycles. The summed E-state index contributed by atoms with van der Waals surface area (Å²) in [5.41, 5.74) is 0.00514. The van der Waals surface area contributed by atoms with Gasteiger partial charge in [-0.25, -0.2) is 4.79 Å². The standard InChI is InChI=1S/C31H39ClN2O9/c32-26-7-6-24(36)15-23(26)14-21(18-33-11-8-31(9-12-33)25-5-2-1-4-22(25)20-43-31)19-34(10-3-13-35)27(37)16-30(42,29(40)41)17-28(38)39/h1-2,4-7,15,21,35-36,42H,3,8-14,16-20H2,(H,38,39)(H,40,41). The number of fused-ring (bicyclic) bond motifs is 2. The maximum atomic E-state index is 13.4. The molecule has 2 aromatic carbocycles. The van der Waals surface area contributed by atoms with Gasteiger partial charge < -0.3 is 40.1 Å². The van der Waals surface area contributed by atoms with E-state index in [9.17, 15) is 34.8 Å². The van der Waals surface area contributed by atoms with Crippen LogP contribution in [0.2, 0.25) is 5.02 Å². The number of phenolic OH excluding ortho intramolecular Hbond substituents is 1. The third kappa shape index (κ3) is 8.04. The lowest BCUT2D eigenvalue weighted by Gasteiger charge is -2.41. The summed E-state index contributed by atoms with van der Waals surface area (Å²) in [4.78, 5) is 40.0. The Bertz CT molecular complexity index is 1310. The number of carbonyl (C=O) groups is 3. The molecule has 234 valence electrons. The van der Waals surface area contributed by atoms with Crippen LogP contribution in [0.3, 0.4) is 0 Å². The first-order valence-corrected chi connectivity index (χ1v) is 14.8. The number of hydrogen-bond donors (Lipinski definition) is 5. The van der Waals surface area contributed by atoms with Crippen molar-refractivity contribution in [1.82, 2.24) is 9.80 Å². The SMILES string of the molecule is O=C(O)CC(O)(CC(=O)N(CCCO)CC(Cc1cc(O)ccc1Cl)CN1CCC2(CC1)OCc1ccccc12)C(=O)O. The molecule has 0 radical (unpaired) electrons. The monoisotopic (exact) mass is 618 g/mol. The molecule has 11 nitrogen and oxygen atoms in total. The minimum Gasteiger partial charge on any atom is -0.508 e. The quantitative estimate of drug-likeness (QED) is 0.212. The highest BCUT2D eigenvalue weighted by atomic mass is 35.5. The van der Waals surface area contributed by atoms with E-state index in [2.05, 4.69) is 17.0 Å². The van der Waals surface area contributed by atoms with Gasteiger partial charge in [-0.2, -0.15) is 0 Å². The smallest absolute Gasteiger partial charge is 0.336 e. The van der Waals surface area contributed by atoms with Crippen molar-refractivity contribution in [3.8, 4) is 5.75 Å². The van der Waals surface area contributed by atoms with Crippen LogP contribution in [0, 0.1) is 5.92 Å². The van der Waals surface area contributed by atoms with Gasteiger partial charge in [-0.1, -0.05) is 35.9 Å². The number of halogens is 1. The number of aliphatic hydroxyl groups is 2. The number of aliphatic hydroxyl groups excluding tert-OH is 1. The van der Waals surface area contributed by atoms with Crippen LogP contribution >= 0.6 is 11.6 Å². The van der Waals surface area contributed by atoms with Crippen molar-refractivity contribution in [2.75, 3.05) is 39.3 Å². The van der Waals surface area contributed by atoms with Crippen molar-refractivity contribution in [3.63, 3.8) is 0 Å². The van der Waals surface area contributed by atoms with Gasteiger partial charge in [0.1, 0.15) is 5.75 Å². The zero-order valence-corrected chi connectivity index (χ0v) is 24.7. The number of rotatable bonds is 14. The summed E-state index contributed by atoms with van der Waals surface area (Å²) in [6.45, 7) is 2.60. The number of carboxylic acid groups (broad SMARTS) is 2. The van der Waals surface area contributed by atoms with Crippen molar-refractivity contribution in [1.29, 1.82) is 0 Å². The van der Waals surface area contributed by atoms with Crippen LogP contribution in [0.4, 0.5) is 0 Å². The average Bonchev–Trinajstić information content (AvgIpc) is 3.31. The molecule has 2 atom stereocenters. The number of carboxylic acids is 2. The number of phenols is 1. The summed E-state index contributed by atoms with van der Waals surface area (Å²) in [6.07, 6.45) is 0.108. The molecule has 2 aliphatic rings. The van der Waals surface area contributed by atoms with Crippen LogP contribution in [0.25, 0.3) is 0 Å². The molecule has 2 unspecified atom stereocenters. The normalized spacial score (nSPS) is 18.1. The molecular weight excluding hydrogens is 580 g/mol. The van der Waals surface area contributed by atoms with Crippen molar-refractivity contribution in [3.05, 3.63) is 64.2 Å². The maximum Gasteiger partial charge on any atom is 0.336 e. The number of piperidine rings is 1. The maximum absolute atomic E-state index is 13.4. The molecule has 1 fully saturated rings. The van der Waals surface area contributed by atoms with Gasteiger partial charge in [0.05, 0.1) is 25.0 Å². The van der Waals surface area contributed by atoms with Crippen molar-refractivity contribution >= 4 is 29.4 Å². The largest absolute Gasteiger partial charge is 0.508 e. The fraction of sp³-hybridized carbons (Fsp3) is 0.516. The summed E-state index contributed by atoms with van der Waals surface area (Å²) in [5, 5.41) is 49.2. The molecule has 1 amide bonds. The van der Waals surface area contributed by atoms with Crippen LogP contribution in [0.5, 0.6) is 5.75 Å². The second-order valence-electron chi connectivity index (χ2n) is 11.6. The van der Waals surface area contributed by atoms with E-state index in [1.807, 2.05) is 12.1 Å². The predicted octanol–water partition coefficient (Wildman–Crippen LogP) is 2.62. The van der Waals surface area contributed by atoms with E-state index in [0.717, 1.165) is 25.9 Å². The van der Waals surface area contributed by atoms with E-state index in [-0.39, 0.29) is 43.4 Å². The predicted molar refractivity (Wildman–Crippen MR) is 157 cm³/mol. The molecule has 0 saturated carbocycles. The Morgan fingerprint density at radius 3 is 2.49 bits per heavy atom. The third-order valence-corrected chi connectivity index (χ3v) is 8.80. The molecule has 0 aliphatic carbocycles. The highest BCUT2D eigenvalue weighted by Gasteiger charge is 2.44. The Balaban J connectivity index is 1.53. The topological polar surface area (TPSA) is 168 Å². The molecule has 1 saturated heterocycles. The van der Waals surface area contributed by atoms with E-state index in [1.54, 1.807) is 12.1 Å². The lowest BCUT2D eigenvalue weighted by Crippen LogP contribution is -2.49. The fourth-order valence-corrected chi connectivity index (χ4v) is 6.39. The van der Waals surface area contributed by atoms with E-state index < -0.39 is 36.3 Å². The Morgan fingerprint density at radius 2 is 1.81 bits per heavy atom. The number of likely N-dealkylation sites (tertiary alicyclic amines) is 1. The van der Waals surface area contributed by atoms with Gasteiger partial charge in [0.25, 0.3) is 0 Å². The van der Waals surface area contributed by atoms with Crippen LogP contribution in [0.1, 0.15) is 48.8 Å². The third-order valence-electron chi connectivity index (χ3n) is 8.43. The number of ether oxygens (including phenoxy) is 1. The molecule has 5 N–H and O–H groups in total. The first kappa shape index (κ1) is 32.7. The fourth-order valence-electron chi connectivity index (χ4n) is 6.19. The van der Waals surface area contributed by atoms with Gasteiger partial charge in [-0.3, -0.25) is 9.59 Å². The Morgan fingerprint density at radius 1 is 1.09 bits per heavy atom. The second-order valence-corrected chi connectivity index (χ2v) is 12.0. The first-order valence-electron chi connectivity index (χ1n) is 14.4. The zero-order chi connectivity index (χ0) is 31.2. The molecular formula is C31H39ClN2O9. The van der Waals surface area contributed by atoms with Gasteiger partial charge in [0, 0.05) is 44.4 Å². The summed E-state index contributed by atoms with van der Waals surface area (Å²) in [6, 6.07) is 12.9. The number of aromatic hydroxyl groups is 1. The molecule has 4 rings (SSSR count). The second kappa shape index (κ2) is 14.0.